The van der Waals surface area contributed by atoms with E-state index >= 15 is 0 Å². The van der Waals surface area contributed by atoms with Gasteiger partial charge in [-0.3, -0.25) is 14.5 Å². The van der Waals surface area contributed by atoms with Gasteiger partial charge in [0.15, 0.2) is 5.78 Å². The first-order chi connectivity index (χ1) is 13.8. The lowest BCUT2D eigenvalue weighted by Crippen LogP contribution is -2.40. The lowest BCUT2D eigenvalue weighted by molar-refractivity contribution is -0.119. The summed E-state index contributed by atoms with van der Waals surface area (Å²) in [7, 11) is -3.82. The maximum absolute atomic E-state index is 13.2. The molecule has 1 atom stereocenters. The fourth-order valence-electron chi connectivity index (χ4n) is 4.32. The first-order valence-corrected chi connectivity index (χ1v) is 11.1. The second-order valence-electron chi connectivity index (χ2n) is 7.52. The Morgan fingerprint density at radius 2 is 1.69 bits per heavy atom. The summed E-state index contributed by atoms with van der Waals surface area (Å²) in [6.07, 6.45) is 2.00. The molecule has 0 saturated carbocycles. The number of primary sulfonamides is 1. The molecule has 1 amide bonds. The van der Waals surface area contributed by atoms with Crippen LogP contribution in [0.3, 0.4) is 0 Å². The Morgan fingerprint density at radius 3 is 2.34 bits per heavy atom. The second kappa shape index (κ2) is 7.24. The number of ketones is 1. The maximum Gasteiger partial charge on any atom is 0.238 e. The summed E-state index contributed by atoms with van der Waals surface area (Å²) in [6.45, 7) is 1.99. The van der Waals surface area contributed by atoms with Gasteiger partial charge in [0.1, 0.15) is 0 Å². The van der Waals surface area contributed by atoms with Gasteiger partial charge in [-0.05, 0) is 55.2 Å². The fraction of sp³-hybridized carbons (Fsp3) is 0.273. The molecule has 2 aromatic carbocycles. The zero-order chi connectivity index (χ0) is 20.8. The van der Waals surface area contributed by atoms with Gasteiger partial charge in [-0.2, -0.15) is 0 Å². The molecule has 0 spiro atoms. The first-order valence-electron chi connectivity index (χ1n) is 9.55. The van der Waals surface area contributed by atoms with Crippen LogP contribution < -0.4 is 10.0 Å². The summed E-state index contributed by atoms with van der Waals surface area (Å²) in [5.74, 6) is -0.264. The van der Waals surface area contributed by atoms with Gasteiger partial charge in [-0.15, -0.1) is 0 Å². The Bertz CT molecular complexity index is 1130. The minimum Gasteiger partial charge on any atom is -0.294 e. The molecule has 1 aliphatic carbocycles. The van der Waals surface area contributed by atoms with Crippen molar-refractivity contribution in [3.63, 3.8) is 0 Å². The van der Waals surface area contributed by atoms with Gasteiger partial charge in [0.2, 0.25) is 15.9 Å². The molecule has 0 fully saturated rings. The van der Waals surface area contributed by atoms with E-state index in [0.29, 0.717) is 30.5 Å². The van der Waals surface area contributed by atoms with Crippen molar-refractivity contribution in [1.82, 2.24) is 0 Å². The number of sulfonamides is 1. The molecule has 150 valence electrons. The number of hydrogen-bond donors (Lipinski definition) is 1. The van der Waals surface area contributed by atoms with Gasteiger partial charge in [0, 0.05) is 35.7 Å². The molecule has 1 unspecified atom stereocenters. The summed E-state index contributed by atoms with van der Waals surface area (Å²) in [5.41, 5.74) is 4.05. The third-order valence-electron chi connectivity index (χ3n) is 5.66. The van der Waals surface area contributed by atoms with Crippen LogP contribution in [0.25, 0.3) is 0 Å². The van der Waals surface area contributed by atoms with Gasteiger partial charge < -0.3 is 0 Å². The van der Waals surface area contributed by atoms with E-state index in [2.05, 4.69) is 0 Å². The van der Waals surface area contributed by atoms with Crippen LogP contribution in [-0.4, -0.2) is 20.1 Å². The second-order valence-corrected chi connectivity index (χ2v) is 9.08. The van der Waals surface area contributed by atoms with Crippen molar-refractivity contribution in [3.05, 3.63) is 70.9 Å². The van der Waals surface area contributed by atoms with Crippen molar-refractivity contribution in [3.8, 4) is 0 Å². The summed E-state index contributed by atoms with van der Waals surface area (Å²) in [4.78, 5) is 27.6. The van der Waals surface area contributed by atoms with Gasteiger partial charge in [0.05, 0.1) is 4.90 Å². The van der Waals surface area contributed by atoms with Gasteiger partial charge >= 0.3 is 0 Å². The predicted octanol–water partition coefficient (Wildman–Crippen LogP) is 3.17. The van der Waals surface area contributed by atoms with E-state index < -0.39 is 10.0 Å². The lowest BCUT2D eigenvalue weighted by atomic mass is 9.76. The third-order valence-corrected chi connectivity index (χ3v) is 6.59. The molecule has 0 saturated heterocycles. The highest BCUT2D eigenvalue weighted by Crippen LogP contribution is 2.44. The number of Topliss-reactive ketones (excluding diaryl/α,β-unsaturated/α-hetero) is 1. The molecular formula is C22H22N2O4S. The summed E-state index contributed by atoms with van der Waals surface area (Å²) >= 11 is 0. The van der Waals surface area contributed by atoms with Crippen molar-refractivity contribution in [2.45, 2.75) is 43.4 Å². The van der Waals surface area contributed by atoms with Crippen LogP contribution in [0.15, 0.2) is 64.7 Å². The van der Waals surface area contributed by atoms with Crippen LogP contribution in [0, 0.1) is 6.92 Å². The van der Waals surface area contributed by atoms with Crippen molar-refractivity contribution in [2.75, 3.05) is 4.90 Å². The summed E-state index contributed by atoms with van der Waals surface area (Å²) < 4.78 is 23.1. The highest BCUT2D eigenvalue weighted by Gasteiger charge is 2.40. The van der Waals surface area contributed by atoms with Gasteiger partial charge in [-0.1, -0.05) is 24.3 Å². The number of anilines is 1. The standard InChI is InChI=1S/C22H22N2O4S/c1-14-5-2-3-6-17(14)18-13-21(26)24(19-7-4-8-20(25)22(18)19)15-9-11-16(12-10-15)29(23,27)28/h2-3,5-6,9-12,18H,4,7-8,13H2,1H3,(H2,23,27,28). The van der Waals surface area contributed by atoms with Crippen molar-refractivity contribution >= 4 is 27.4 Å². The molecule has 7 heteroatoms. The number of allylic oxidation sites excluding steroid dienone is 2. The number of carbonyl (C=O) groups excluding carboxylic acids is 2. The molecule has 2 aliphatic rings. The van der Waals surface area contributed by atoms with E-state index in [4.69, 9.17) is 5.14 Å². The van der Waals surface area contributed by atoms with Crippen molar-refractivity contribution in [1.29, 1.82) is 0 Å². The van der Waals surface area contributed by atoms with Crippen LogP contribution in [0.2, 0.25) is 0 Å². The number of rotatable bonds is 3. The molecule has 6 nitrogen and oxygen atoms in total. The molecule has 2 aromatic rings. The fourth-order valence-corrected chi connectivity index (χ4v) is 4.84. The molecule has 2 N–H and O–H groups in total. The van der Waals surface area contributed by atoms with Crippen molar-refractivity contribution in [2.24, 2.45) is 5.14 Å². The Hall–Kier alpha value is -2.77. The minimum atomic E-state index is -3.82. The number of nitrogens with two attached hydrogens (primary N) is 1. The first kappa shape index (κ1) is 19.5. The highest BCUT2D eigenvalue weighted by molar-refractivity contribution is 7.89. The molecule has 1 heterocycles. The lowest BCUT2D eigenvalue weighted by Gasteiger charge is -2.38. The zero-order valence-electron chi connectivity index (χ0n) is 16.1. The van der Waals surface area contributed by atoms with Crippen LogP contribution in [0.5, 0.6) is 0 Å². The van der Waals surface area contributed by atoms with Crippen molar-refractivity contribution < 1.29 is 18.0 Å². The number of benzene rings is 2. The van der Waals surface area contributed by atoms with E-state index in [-0.39, 0.29) is 28.9 Å². The predicted molar refractivity (Wildman–Crippen MR) is 110 cm³/mol. The topological polar surface area (TPSA) is 97.5 Å². The molecule has 0 aromatic heterocycles. The average Bonchev–Trinajstić information content (AvgIpc) is 2.67. The largest absolute Gasteiger partial charge is 0.294 e. The normalized spacial score (nSPS) is 20.1. The van der Waals surface area contributed by atoms with E-state index in [0.717, 1.165) is 16.8 Å². The highest BCUT2D eigenvalue weighted by atomic mass is 32.2. The van der Waals surface area contributed by atoms with Crippen LogP contribution in [0.4, 0.5) is 5.69 Å². The van der Waals surface area contributed by atoms with E-state index in [9.17, 15) is 18.0 Å². The molecular weight excluding hydrogens is 388 g/mol. The van der Waals surface area contributed by atoms with E-state index in [1.54, 1.807) is 17.0 Å². The van der Waals surface area contributed by atoms with Gasteiger partial charge in [-0.25, -0.2) is 13.6 Å². The Labute approximate surface area is 170 Å². The monoisotopic (exact) mass is 410 g/mol. The smallest absolute Gasteiger partial charge is 0.238 e. The number of nitrogens with zero attached hydrogens (tertiary/aromatic N) is 1. The minimum absolute atomic E-state index is 0.0163. The molecule has 4 rings (SSSR count). The number of hydrogen-bond acceptors (Lipinski definition) is 4. The molecule has 0 bridgehead atoms. The Kier molecular flexibility index (Phi) is 4.88. The third kappa shape index (κ3) is 3.52. The number of carbonyl (C=O) groups is 2. The average molecular weight is 410 g/mol. The van der Waals surface area contributed by atoms with E-state index in [1.807, 2.05) is 31.2 Å². The van der Waals surface area contributed by atoms with Crippen LogP contribution in [0.1, 0.15) is 42.7 Å². The summed E-state index contributed by atoms with van der Waals surface area (Å²) in [5, 5.41) is 5.17. The number of aryl methyl sites for hydroxylation is 1. The Morgan fingerprint density at radius 1 is 1.00 bits per heavy atom. The van der Waals surface area contributed by atoms with Crippen LogP contribution >= 0.6 is 0 Å². The molecule has 1 aliphatic heterocycles. The van der Waals surface area contributed by atoms with Crippen LogP contribution in [-0.2, 0) is 19.6 Å². The molecule has 29 heavy (non-hydrogen) atoms. The SMILES string of the molecule is Cc1ccccc1C1CC(=O)N(c2ccc(S(N)(=O)=O)cc2)C2=C1C(=O)CCC2. The number of amides is 1. The summed E-state index contributed by atoms with van der Waals surface area (Å²) in [6, 6.07) is 13.7. The van der Waals surface area contributed by atoms with Gasteiger partial charge in [0.25, 0.3) is 0 Å². The molecule has 0 radical (unpaired) electrons. The van der Waals surface area contributed by atoms with E-state index in [1.165, 1.54) is 12.1 Å². The quantitative estimate of drug-likeness (QED) is 0.840. The zero-order valence-corrected chi connectivity index (χ0v) is 16.9. The Balaban J connectivity index is 1.84. The maximum atomic E-state index is 13.2.